The molecule has 0 spiro atoms. The van der Waals surface area contributed by atoms with Crippen molar-refractivity contribution < 1.29 is 4.39 Å². The van der Waals surface area contributed by atoms with Crippen LogP contribution in [0.3, 0.4) is 0 Å². The lowest BCUT2D eigenvalue weighted by molar-refractivity contribution is 0.222. The Kier molecular flexibility index (Phi) is 5.34. The molecule has 0 bridgehead atoms. The van der Waals surface area contributed by atoms with Crippen molar-refractivity contribution in [2.24, 2.45) is 0 Å². The number of likely N-dealkylation sites (tertiary alicyclic amines) is 1. The minimum absolute atomic E-state index is 0.253. The molecule has 1 saturated heterocycles. The highest BCUT2D eigenvalue weighted by Gasteiger charge is 2.24. The number of anilines is 1. The third-order valence-electron chi connectivity index (χ3n) is 5.23. The summed E-state index contributed by atoms with van der Waals surface area (Å²) in [4.78, 5) is 16.1. The summed E-state index contributed by atoms with van der Waals surface area (Å²) in [6.45, 7) is 4.88. The maximum atomic E-state index is 13.4. The fourth-order valence-corrected chi connectivity index (χ4v) is 3.72. The summed E-state index contributed by atoms with van der Waals surface area (Å²) in [6, 6.07) is 8.76. The van der Waals surface area contributed by atoms with Crippen molar-refractivity contribution in [3.05, 3.63) is 48.7 Å². The molecular weight excluding hydrogens is 355 g/mol. The molecule has 0 radical (unpaired) electrons. The van der Waals surface area contributed by atoms with Crippen molar-refractivity contribution in [1.29, 1.82) is 0 Å². The van der Waals surface area contributed by atoms with Gasteiger partial charge in [0, 0.05) is 24.3 Å². The molecule has 6 nitrogen and oxygen atoms in total. The molecule has 0 amide bonds. The van der Waals surface area contributed by atoms with Gasteiger partial charge in [-0.3, -0.25) is 0 Å². The number of benzene rings is 1. The average Bonchev–Trinajstić information content (AvgIpc) is 3.15. The van der Waals surface area contributed by atoms with Gasteiger partial charge >= 0.3 is 0 Å². The fraction of sp³-hybridized carbons (Fsp3) is 0.381. The molecule has 7 heteroatoms. The lowest BCUT2D eigenvalue weighted by Crippen LogP contribution is -2.31. The highest BCUT2D eigenvalue weighted by atomic mass is 19.1. The smallest absolute Gasteiger partial charge is 0.223 e. The molecule has 1 aliphatic heterocycles. The molecule has 0 atom stereocenters. The minimum atomic E-state index is -0.253. The van der Waals surface area contributed by atoms with Crippen LogP contribution in [-0.2, 0) is 0 Å². The summed E-state index contributed by atoms with van der Waals surface area (Å²) in [6.07, 6.45) is 5.79. The summed E-state index contributed by atoms with van der Waals surface area (Å²) >= 11 is 0. The summed E-state index contributed by atoms with van der Waals surface area (Å²) in [5.41, 5.74) is 3.48. The van der Waals surface area contributed by atoms with Crippen LogP contribution in [0.4, 0.5) is 10.3 Å². The lowest BCUT2D eigenvalue weighted by atomic mass is 10.0. The zero-order valence-electron chi connectivity index (χ0n) is 16.3. The predicted octanol–water partition coefficient (Wildman–Crippen LogP) is 3.84. The first-order chi connectivity index (χ1) is 13.7. The molecule has 4 rings (SSSR count). The number of rotatable bonds is 5. The second kappa shape index (κ2) is 8.06. The van der Waals surface area contributed by atoms with Crippen LogP contribution >= 0.6 is 0 Å². The molecule has 1 N–H and O–H groups in total. The van der Waals surface area contributed by atoms with Crippen LogP contribution in [0.1, 0.15) is 25.8 Å². The maximum absolute atomic E-state index is 13.4. The number of nitrogens with zero attached hydrogens (tertiary/aromatic N) is 5. The molecular formula is C21H25FN6. The van der Waals surface area contributed by atoms with Gasteiger partial charge in [-0.2, -0.15) is 0 Å². The van der Waals surface area contributed by atoms with E-state index in [-0.39, 0.29) is 5.82 Å². The molecule has 0 aliphatic carbocycles. The van der Waals surface area contributed by atoms with Crippen LogP contribution in [0.2, 0.25) is 0 Å². The van der Waals surface area contributed by atoms with Crippen LogP contribution in [0.15, 0.2) is 42.9 Å². The van der Waals surface area contributed by atoms with Crippen LogP contribution in [0.25, 0.3) is 22.6 Å². The largest absolute Gasteiger partial charge is 0.354 e. The third kappa shape index (κ3) is 3.75. The van der Waals surface area contributed by atoms with E-state index in [1.54, 1.807) is 18.3 Å². The van der Waals surface area contributed by atoms with Gasteiger partial charge in [0.25, 0.3) is 0 Å². The molecule has 0 unspecified atom stereocenters. The second-order valence-electron chi connectivity index (χ2n) is 7.19. The average molecular weight is 380 g/mol. The van der Waals surface area contributed by atoms with Crippen LogP contribution in [0.5, 0.6) is 0 Å². The van der Waals surface area contributed by atoms with Gasteiger partial charge in [-0.05, 0) is 70.2 Å². The fourth-order valence-electron chi connectivity index (χ4n) is 3.72. The Bertz CT molecular complexity index is 928. The van der Waals surface area contributed by atoms with Crippen molar-refractivity contribution in [3.63, 3.8) is 0 Å². The normalized spacial score (nSPS) is 15.7. The molecule has 1 aliphatic rings. The molecule has 2 aromatic heterocycles. The molecule has 0 saturated carbocycles. The Hall–Kier alpha value is -2.80. The third-order valence-corrected chi connectivity index (χ3v) is 5.23. The summed E-state index contributed by atoms with van der Waals surface area (Å²) in [5, 5.41) is 3.17. The van der Waals surface area contributed by atoms with Gasteiger partial charge in [-0.1, -0.05) is 0 Å². The standard InChI is InChI=1S/C21H25FN6/c1-3-23-21-24-11-8-18(26-21)20-19(15-4-6-16(22)7-5-15)25-14-28(20)17-9-12-27(2)13-10-17/h4-8,11,14,17H,3,9-10,12-13H2,1-2H3,(H,23,24,26). The van der Waals surface area contributed by atoms with Crippen molar-refractivity contribution in [2.45, 2.75) is 25.8 Å². The van der Waals surface area contributed by atoms with E-state index in [0.29, 0.717) is 12.0 Å². The first-order valence-corrected chi connectivity index (χ1v) is 9.74. The van der Waals surface area contributed by atoms with Gasteiger partial charge in [-0.15, -0.1) is 0 Å². The first kappa shape index (κ1) is 18.6. The molecule has 28 heavy (non-hydrogen) atoms. The van der Waals surface area contributed by atoms with E-state index in [2.05, 4.69) is 26.8 Å². The number of hydrogen-bond acceptors (Lipinski definition) is 5. The number of nitrogens with one attached hydrogen (secondary N) is 1. The van der Waals surface area contributed by atoms with E-state index in [1.807, 2.05) is 19.3 Å². The zero-order chi connectivity index (χ0) is 19.5. The van der Waals surface area contributed by atoms with Crippen molar-refractivity contribution in [1.82, 2.24) is 24.4 Å². The predicted molar refractivity (Wildman–Crippen MR) is 109 cm³/mol. The van der Waals surface area contributed by atoms with E-state index in [0.717, 1.165) is 55.1 Å². The molecule has 1 aromatic carbocycles. The SMILES string of the molecule is CCNc1nccc(-c2c(-c3ccc(F)cc3)ncn2C2CCN(C)CC2)n1. The van der Waals surface area contributed by atoms with Gasteiger partial charge in [0.2, 0.25) is 5.95 Å². The topological polar surface area (TPSA) is 58.9 Å². The van der Waals surface area contributed by atoms with Crippen molar-refractivity contribution in [2.75, 3.05) is 32.0 Å². The monoisotopic (exact) mass is 380 g/mol. The second-order valence-corrected chi connectivity index (χ2v) is 7.19. The Balaban J connectivity index is 1.81. The van der Waals surface area contributed by atoms with Crippen LogP contribution in [0, 0.1) is 5.82 Å². The Morgan fingerprint density at radius 2 is 1.86 bits per heavy atom. The molecule has 3 heterocycles. The number of aromatic nitrogens is 4. The quantitative estimate of drug-likeness (QED) is 0.729. The Morgan fingerprint density at radius 3 is 2.57 bits per heavy atom. The van der Waals surface area contributed by atoms with Gasteiger partial charge in [0.15, 0.2) is 0 Å². The van der Waals surface area contributed by atoms with Gasteiger partial charge in [0.1, 0.15) is 5.82 Å². The number of piperidine rings is 1. The highest BCUT2D eigenvalue weighted by molar-refractivity contribution is 5.77. The lowest BCUT2D eigenvalue weighted by Gasteiger charge is -2.30. The van der Waals surface area contributed by atoms with Crippen LogP contribution in [-0.4, -0.2) is 51.1 Å². The van der Waals surface area contributed by atoms with Gasteiger partial charge in [0.05, 0.1) is 23.4 Å². The molecule has 3 aromatic rings. The minimum Gasteiger partial charge on any atom is -0.354 e. The molecule has 1 fully saturated rings. The van der Waals surface area contributed by atoms with E-state index < -0.39 is 0 Å². The maximum Gasteiger partial charge on any atom is 0.223 e. The van der Waals surface area contributed by atoms with Crippen molar-refractivity contribution >= 4 is 5.95 Å². The van der Waals surface area contributed by atoms with E-state index in [1.165, 1.54) is 12.1 Å². The van der Waals surface area contributed by atoms with E-state index in [4.69, 9.17) is 9.97 Å². The van der Waals surface area contributed by atoms with E-state index in [9.17, 15) is 4.39 Å². The summed E-state index contributed by atoms with van der Waals surface area (Å²) in [5.74, 6) is 0.345. The highest BCUT2D eigenvalue weighted by Crippen LogP contribution is 2.35. The Labute approximate surface area is 164 Å². The summed E-state index contributed by atoms with van der Waals surface area (Å²) in [7, 11) is 2.15. The van der Waals surface area contributed by atoms with Gasteiger partial charge < -0.3 is 14.8 Å². The first-order valence-electron chi connectivity index (χ1n) is 9.74. The zero-order valence-corrected chi connectivity index (χ0v) is 16.3. The number of imidazole rings is 1. The number of hydrogen-bond donors (Lipinski definition) is 1. The number of halogens is 1. The Morgan fingerprint density at radius 1 is 1.11 bits per heavy atom. The van der Waals surface area contributed by atoms with Gasteiger partial charge in [-0.25, -0.2) is 19.3 Å². The summed E-state index contributed by atoms with van der Waals surface area (Å²) < 4.78 is 15.7. The van der Waals surface area contributed by atoms with Crippen LogP contribution < -0.4 is 5.32 Å². The van der Waals surface area contributed by atoms with Crippen molar-refractivity contribution in [3.8, 4) is 22.6 Å². The van der Waals surface area contributed by atoms with E-state index >= 15 is 0 Å². The molecule has 146 valence electrons.